The second-order valence-electron chi connectivity index (χ2n) is 7.60. The van der Waals surface area contributed by atoms with E-state index in [-0.39, 0.29) is 5.91 Å². The van der Waals surface area contributed by atoms with E-state index in [0.29, 0.717) is 17.3 Å². The summed E-state index contributed by atoms with van der Waals surface area (Å²) >= 11 is 0. The molecule has 30 heavy (non-hydrogen) atoms. The molecule has 0 radical (unpaired) electrons. The van der Waals surface area contributed by atoms with Crippen LogP contribution in [0.25, 0.3) is 22.3 Å². The molecule has 2 heterocycles. The average molecular weight is 402 g/mol. The number of aromatic nitrogens is 3. The topological polar surface area (TPSA) is 71.9 Å². The van der Waals surface area contributed by atoms with Crippen LogP contribution in [-0.2, 0) is 6.54 Å². The molecule has 0 spiro atoms. The Labute approximate surface area is 175 Å². The molecule has 6 heteroatoms. The summed E-state index contributed by atoms with van der Waals surface area (Å²) in [7, 11) is 1.67. The van der Waals surface area contributed by atoms with Crippen molar-refractivity contribution in [3.8, 4) is 17.1 Å². The minimum absolute atomic E-state index is 0.177. The second-order valence-corrected chi connectivity index (χ2v) is 7.60. The number of fused-ring (bicyclic) bond motifs is 1. The Hall–Kier alpha value is -3.54. The molecule has 154 valence electrons. The van der Waals surface area contributed by atoms with Crippen LogP contribution < -0.4 is 10.1 Å². The number of carbonyl (C=O) groups excluding carboxylic acids is 1. The number of amides is 1. The molecular weight excluding hydrogens is 376 g/mol. The van der Waals surface area contributed by atoms with E-state index in [1.54, 1.807) is 7.11 Å². The molecule has 0 unspecified atom stereocenters. The van der Waals surface area contributed by atoms with Gasteiger partial charge in [-0.3, -0.25) is 9.89 Å². The third-order valence-corrected chi connectivity index (χ3v) is 5.36. The molecule has 2 aromatic carbocycles. The molecule has 0 atom stereocenters. The van der Waals surface area contributed by atoms with Crippen LogP contribution in [0, 0.1) is 0 Å². The van der Waals surface area contributed by atoms with Gasteiger partial charge in [0, 0.05) is 29.1 Å². The minimum atomic E-state index is -0.177. The number of carbonyl (C=O) groups is 1. The molecule has 4 rings (SSSR count). The van der Waals surface area contributed by atoms with Crippen LogP contribution in [0.5, 0.6) is 5.75 Å². The molecule has 0 fully saturated rings. The van der Waals surface area contributed by atoms with Gasteiger partial charge in [-0.05, 0) is 54.8 Å². The van der Waals surface area contributed by atoms with Gasteiger partial charge in [0.1, 0.15) is 5.75 Å². The fourth-order valence-corrected chi connectivity index (χ4v) is 3.66. The predicted molar refractivity (Wildman–Crippen MR) is 120 cm³/mol. The zero-order valence-electron chi connectivity index (χ0n) is 17.7. The maximum Gasteiger partial charge on any atom is 0.256 e. The van der Waals surface area contributed by atoms with Crippen molar-refractivity contribution in [2.24, 2.45) is 0 Å². The number of rotatable bonds is 6. The number of aromatic amines is 1. The number of H-pyrrole nitrogens is 1. The fraction of sp³-hybridized carbons (Fsp3) is 0.250. The molecule has 0 aliphatic carbocycles. The van der Waals surface area contributed by atoms with Crippen LogP contribution in [0.2, 0.25) is 0 Å². The Morgan fingerprint density at radius 1 is 1.13 bits per heavy atom. The molecular formula is C24H26N4O2. The maximum absolute atomic E-state index is 12.6. The predicted octanol–water partition coefficient (Wildman–Crippen LogP) is 5.44. The average Bonchev–Trinajstić information content (AvgIpc) is 3.36. The lowest BCUT2D eigenvalue weighted by atomic mass is 10.0. The van der Waals surface area contributed by atoms with Crippen molar-refractivity contribution in [3.63, 3.8) is 0 Å². The van der Waals surface area contributed by atoms with Crippen molar-refractivity contribution in [2.75, 3.05) is 12.4 Å². The molecule has 2 N–H and O–H groups in total. The first-order chi connectivity index (χ1) is 14.5. The molecule has 2 aromatic heterocycles. The molecule has 4 aromatic rings. The summed E-state index contributed by atoms with van der Waals surface area (Å²) in [4.78, 5) is 12.6. The van der Waals surface area contributed by atoms with Crippen LogP contribution in [0.3, 0.4) is 0 Å². The third-order valence-electron chi connectivity index (χ3n) is 5.36. The SMILES string of the molecule is CCn1c(-c2cc(NC(=O)c3ccc(C(C)C)cc3)n[nH]2)cc2cc(OC)ccc21. The third kappa shape index (κ3) is 3.68. The summed E-state index contributed by atoms with van der Waals surface area (Å²) in [6.07, 6.45) is 0. The quantitative estimate of drug-likeness (QED) is 0.451. The summed E-state index contributed by atoms with van der Waals surface area (Å²) in [5.74, 6) is 1.57. The molecule has 0 aliphatic heterocycles. The van der Waals surface area contributed by atoms with Crippen LogP contribution in [0.1, 0.15) is 42.6 Å². The highest BCUT2D eigenvalue weighted by molar-refractivity contribution is 6.04. The molecule has 1 amide bonds. The summed E-state index contributed by atoms with van der Waals surface area (Å²) < 4.78 is 7.55. The Morgan fingerprint density at radius 2 is 1.90 bits per heavy atom. The summed E-state index contributed by atoms with van der Waals surface area (Å²) in [6, 6.07) is 17.7. The van der Waals surface area contributed by atoms with E-state index in [2.05, 4.69) is 53.0 Å². The van der Waals surface area contributed by atoms with Gasteiger partial charge in [-0.2, -0.15) is 5.10 Å². The fourth-order valence-electron chi connectivity index (χ4n) is 3.66. The highest BCUT2D eigenvalue weighted by Crippen LogP contribution is 2.30. The number of benzene rings is 2. The van der Waals surface area contributed by atoms with Crippen molar-refractivity contribution in [2.45, 2.75) is 33.2 Å². The van der Waals surface area contributed by atoms with Gasteiger partial charge in [-0.25, -0.2) is 0 Å². The number of hydrogen-bond donors (Lipinski definition) is 2. The van der Waals surface area contributed by atoms with Crippen LogP contribution >= 0.6 is 0 Å². The normalized spacial score (nSPS) is 11.2. The Balaban J connectivity index is 1.59. The summed E-state index contributed by atoms with van der Waals surface area (Å²) in [6.45, 7) is 7.18. The monoisotopic (exact) mass is 402 g/mol. The highest BCUT2D eigenvalue weighted by atomic mass is 16.5. The van der Waals surface area contributed by atoms with Crippen LogP contribution in [-0.4, -0.2) is 27.8 Å². The van der Waals surface area contributed by atoms with E-state index in [0.717, 1.165) is 34.6 Å². The second kappa shape index (κ2) is 8.06. The van der Waals surface area contributed by atoms with E-state index < -0.39 is 0 Å². The van der Waals surface area contributed by atoms with E-state index in [1.807, 2.05) is 42.5 Å². The van der Waals surface area contributed by atoms with Crippen LogP contribution in [0.15, 0.2) is 54.6 Å². The highest BCUT2D eigenvalue weighted by Gasteiger charge is 2.14. The first-order valence-corrected chi connectivity index (χ1v) is 10.1. The smallest absolute Gasteiger partial charge is 0.256 e. The molecule has 6 nitrogen and oxygen atoms in total. The van der Waals surface area contributed by atoms with Crippen molar-refractivity contribution in [1.29, 1.82) is 0 Å². The Kier molecular flexibility index (Phi) is 5.31. The van der Waals surface area contributed by atoms with Gasteiger partial charge >= 0.3 is 0 Å². The number of ether oxygens (including phenoxy) is 1. The van der Waals surface area contributed by atoms with Gasteiger partial charge in [0.15, 0.2) is 5.82 Å². The number of nitrogens with zero attached hydrogens (tertiary/aromatic N) is 2. The Morgan fingerprint density at radius 3 is 2.57 bits per heavy atom. The first-order valence-electron chi connectivity index (χ1n) is 10.1. The van der Waals surface area contributed by atoms with Gasteiger partial charge in [0.05, 0.1) is 18.5 Å². The standard InChI is InChI=1S/C24H26N4O2/c1-5-28-21-11-10-19(30-4)12-18(21)13-22(28)20-14-23(27-26-20)25-24(29)17-8-6-16(7-9-17)15(2)3/h6-15H,5H2,1-4H3,(H2,25,26,27,29). The van der Waals surface area contributed by atoms with Gasteiger partial charge in [-0.15, -0.1) is 0 Å². The number of nitrogens with one attached hydrogen (secondary N) is 2. The minimum Gasteiger partial charge on any atom is -0.497 e. The lowest BCUT2D eigenvalue weighted by Gasteiger charge is -2.07. The number of anilines is 1. The molecule has 0 saturated carbocycles. The maximum atomic E-state index is 12.6. The van der Waals surface area contributed by atoms with Gasteiger partial charge in [0.25, 0.3) is 5.91 Å². The largest absolute Gasteiger partial charge is 0.497 e. The van der Waals surface area contributed by atoms with Crippen molar-refractivity contribution >= 4 is 22.6 Å². The van der Waals surface area contributed by atoms with Gasteiger partial charge in [-0.1, -0.05) is 26.0 Å². The number of hydrogen-bond acceptors (Lipinski definition) is 3. The van der Waals surface area contributed by atoms with E-state index >= 15 is 0 Å². The summed E-state index contributed by atoms with van der Waals surface area (Å²) in [5, 5.41) is 11.3. The molecule has 0 bridgehead atoms. The lowest BCUT2D eigenvalue weighted by Crippen LogP contribution is -2.12. The zero-order chi connectivity index (χ0) is 21.3. The summed E-state index contributed by atoms with van der Waals surface area (Å²) in [5.41, 5.74) is 4.79. The lowest BCUT2D eigenvalue weighted by molar-refractivity contribution is 0.102. The van der Waals surface area contributed by atoms with E-state index in [4.69, 9.17) is 4.74 Å². The molecule has 0 aliphatic rings. The van der Waals surface area contributed by atoms with E-state index in [9.17, 15) is 4.79 Å². The zero-order valence-corrected chi connectivity index (χ0v) is 17.7. The number of methoxy groups -OCH3 is 1. The van der Waals surface area contributed by atoms with Crippen LogP contribution in [0.4, 0.5) is 5.82 Å². The van der Waals surface area contributed by atoms with E-state index in [1.165, 1.54) is 5.56 Å². The first kappa shape index (κ1) is 19.8. The van der Waals surface area contributed by atoms with Crippen molar-refractivity contribution in [1.82, 2.24) is 14.8 Å². The molecule has 0 saturated heterocycles. The Bertz CT molecular complexity index is 1190. The van der Waals surface area contributed by atoms with Gasteiger partial charge in [0.2, 0.25) is 0 Å². The van der Waals surface area contributed by atoms with Gasteiger partial charge < -0.3 is 14.6 Å². The van der Waals surface area contributed by atoms with Crippen molar-refractivity contribution in [3.05, 3.63) is 65.7 Å². The van der Waals surface area contributed by atoms with Crippen molar-refractivity contribution < 1.29 is 9.53 Å². The number of aryl methyl sites for hydroxylation is 1.